The van der Waals surface area contributed by atoms with Gasteiger partial charge in [-0.2, -0.15) is 0 Å². The van der Waals surface area contributed by atoms with E-state index in [0.29, 0.717) is 0 Å². The zero-order chi connectivity index (χ0) is 11.6. The van der Waals surface area contributed by atoms with Gasteiger partial charge >= 0.3 is 23.9 Å². The van der Waals surface area contributed by atoms with Gasteiger partial charge in [-0.25, -0.2) is 9.59 Å². The van der Waals surface area contributed by atoms with Crippen molar-refractivity contribution in [1.29, 1.82) is 0 Å². The maximum atomic E-state index is 11.0. The molecule has 0 aromatic heterocycles. The highest BCUT2D eigenvalue weighted by Crippen LogP contribution is 2.17. The molecular weight excluding hydrogens is 208 g/mol. The summed E-state index contributed by atoms with van der Waals surface area (Å²) in [7, 11) is 0. The molecule has 1 unspecified atom stereocenters. The SMILES string of the molecule is CC(=O)OC1C(=O)OC(=O)[C@@H]1OC(C)=O. The number of cyclic esters (lactones) is 2. The van der Waals surface area contributed by atoms with E-state index in [2.05, 4.69) is 14.2 Å². The monoisotopic (exact) mass is 216 g/mol. The summed E-state index contributed by atoms with van der Waals surface area (Å²) in [4.78, 5) is 43.2. The van der Waals surface area contributed by atoms with Crippen LogP contribution in [0.2, 0.25) is 0 Å². The standard InChI is InChI=1S/C8H8O7/c1-3(9)13-5-6(14-4(2)10)8(12)15-7(5)11/h5-6H,1-2H3/t5-,6?/m1/s1. The highest BCUT2D eigenvalue weighted by atomic mass is 16.7. The van der Waals surface area contributed by atoms with Gasteiger partial charge in [-0.05, 0) is 0 Å². The molecule has 1 aliphatic rings. The van der Waals surface area contributed by atoms with Gasteiger partial charge in [-0.3, -0.25) is 9.59 Å². The minimum atomic E-state index is -1.50. The van der Waals surface area contributed by atoms with E-state index < -0.39 is 36.1 Å². The van der Waals surface area contributed by atoms with Crippen molar-refractivity contribution in [1.82, 2.24) is 0 Å². The first-order valence-corrected chi connectivity index (χ1v) is 4.02. The van der Waals surface area contributed by atoms with Crippen LogP contribution in [-0.2, 0) is 33.4 Å². The van der Waals surface area contributed by atoms with Crippen LogP contribution in [0.5, 0.6) is 0 Å². The van der Waals surface area contributed by atoms with E-state index in [-0.39, 0.29) is 0 Å². The van der Waals surface area contributed by atoms with E-state index in [1.54, 1.807) is 0 Å². The van der Waals surface area contributed by atoms with E-state index in [9.17, 15) is 19.2 Å². The van der Waals surface area contributed by atoms with Gasteiger partial charge < -0.3 is 14.2 Å². The van der Waals surface area contributed by atoms with Crippen LogP contribution < -0.4 is 0 Å². The fraction of sp³-hybridized carbons (Fsp3) is 0.500. The quantitative estimate of drug-likeness (QED) is 0.329. The second-order valence-corrected chi connectivity index (χ2v) is 2.80. The molecule has 82 valence electrons. The summed E-state index contributed by atoms with van der Waals surface area (Å²) >= 11 is 0. The van der Waals surface area contributed by atoms with Crippen molar-refractivity contribution in [2.45, 2.75) is 26.1 Å². The minimum Gasteiger partial charge on any atom is -0.446 e. The highest BCUT2D eigenvalue weighted by molar-refractivity contribution is 6.01. The molecule has 0 saturated carbocycles. The van der Waals surface area contributed by atoms with E-state index >= 15 is 0 Å². The third-order valence-corrected chi connectivity index (χ3v) is 1.53. The Morgan fingerprint density at radius 3 is 1.60 bits per heavy atom. The normalized spacial score (nSPS) is 24.7. The van der Waals surface area contributed by atoms with Crippen molar-refractivity contribution >= 4 is 23.9 Å². The van der Waals surface area contributed by atoms with Crippen LogP contribution in [0.4, 0.5) is 0 Å². The molecule has 0 aromatic carbocycles. The Bertz CT molecular complexity index is 300. The van der Waals surface area contributed by atoms with E-state index in [1.807, 2.05) is 0 Å². The number of hydrogen-bond donors (Lipinski definition) is 0. The molecule has 1 heterocycles. The Morgan fingerprint density at radius 2 is 1.33 bits per heavy atom. The van der Waals surface area contributed by atoms with Crippen LogP contribution in [-0.4, -0.2) is 36.1 Å². The van der Waals surface area contributed by atoms with E-state index in [1.165, 1.54) is 0 Å². The maximum absolute atomic E-state index is 11.0. The van der Waals surface area contributed by atoms with Gasteiger partial charge in [0, 0.05) is 13.8 Å². The lowest BCUT2D eigenvalue weighted by molar-refractivity contribution is -0.167. The molecule has 1 aliphatic heterocycles. The molecule has 15 heavy (non-hydrogen) atoms. The largest absolute Gasteiger partial charge is 0.446 e. The summed E-state index contributed by atoms with van der Waals surface area (Å²) in [6, 6.07) is 0. The third kappa shape index (κ3) is 2.52. The van der Waals surface area contributed by atoms with Crippen molar-refractivity contribution < 1.29 is 33.4 Å². The van der Waals surface area contributed by atoms with Gasteiger partial charge in [0.2, 0.25) is 12.2 Å². The van der Waals surface area contributed by atoms with E-state index in [0.717, 1.165) is 13.8 Å². The predicted molar refractivity (Wildman–Crippen MR) is 42.2 cm³/mol. The Hall–Kier alpha value is -1.92. The van der Waals surface area contributed by atoms with Crippen LogP contribution in [0.3, 0.4) is 0 Å². The summed E-state index contributed by atoms with van der Waals surface area (Å²) in [6.07, 6.45) is -3.00. The van der Waals surface area contributed by atoms with Crippen molar-refractivity contribution in [3.63, 3.8) is 0 Å². The van der Waals surface area contributed by atoms with Gasteiger partial charge in [-0.1, -0.05) is 0 Å². The fourth-order valence-electron chi connectivity index (χ4n) is 1.04. The van der Waals surface area contributed by atoms with Crippen molar-refractivity contribution in [2.75, 3.05) is 0 Å². The number of carbonyl (C=O) groups excluding carboxylic acids is 4. The number of ether oxygens (including phenoxy) is 3. The van der Waals surface area contributed by atoms with Crippen molar-refractivity contribution in [2.24, 2.45) is 0 Å². The van der Waals surface area contributed by atoms with Crippen LogP contribution >= 0.6 is 0 Å². The molecule has 0 bridgehead atoms. The molecule has 2 atom stereocenters. The Labute approximate surface area is 84.3 Å². The Kier molecular flexibility index (Phi) is 3.03. The summed E-state index contributed by atoms with van der Waals surface area (Å²) in [5.41, 5.74) is 0. The van der Waals surface area contributed by atoms with Crippen LogP contribution in [0.1, 0.15) is 13.8 Å². The molecule has 0 N–H and O–H groups in total. The van der Waals surface area contributed by atoms with Crippen LogP contribution in [0.25, 0.3) is 0 Å². The van der Waals surface area contributed by atoms with Crippen molar-refractivity contribution in [3.8, 4) is 0 Å². The molecular formula is C8H8O7. The smallest absolute Gasteiger partial charge is 0.359 e. The molecule has 1 fully saturated rings. The second kappa shape index (κ2) is 4.07. The molecule has 1 rings (SSSR count). The second-order valence-electron chi connectivity index (χ2n) is 2.80. The number of rotatable bonds is 2. The van der Waals surface area contributed by atoms with Gasteiger partial charge in [0.1, 0.15) is 0 Å². The molecule has 0 aromatic rings. The van der Waals surface area contributed by atoms with Gasteiger partial charge in [0.15, 0.2) is 0 Å². The third-order valence-electron chi connectivity index (χ3n) is 1.53. The predicted octanol–water partition coefficient (Wildman–Crippen LogP) is -1.07. The molecule has 0 aliphatic carbocycles. The summed E-state index contributed by atoms with van der Waals surface area (Å²) < 4.78 is 13.1. The van der Waals surface area contributed by atoms with Crippen LogP contribution in [0, 0.1) is 0 Å². The zero-order valence-corrected chi connectivity index (χ0v) is 8.01. The first-order chi connectivity index (χ1) is 6.91. The molecule has 7 nitrogen and oxygen atoms in total. The summed E-state index contributed by atoms with van der Waals surface area (Å²) in [6.45, 7) is 2.11. The minimum absolute atomic E-state index is 0.774. The Balaban J connectivity index is 2.79. The maximum Gasteiger partial charge on any atom is 0.359 e. The number of carbonyl (C=O) groups is 4. The molecule has 0 spiro atoms. The number of esters is 4. The first kappa shape index (κ1) is 11.2. The molecule has 0 radical (unpaired) electrons. The average molecular weight is 216 g/mol. The molecule has 0 amide bonds. The topological polar surface area (TPSA) is 96.0 Å². The fourth-order valence-corrected chi connectivity index (χ4v) is 1.04. The highest BCUT2D eigenvalue weighted by Gasteiger charge is 2.49. The summed E-state index contributed by atoms with van der Waals surface area (Å²) in [5, 5.41) is 0. The lowest BCUT2D eigenvalue weighted by Gasteiger charge is -2.12. The lowest BCUT2D eigenvalue weighted by atomic mass is 10.2. The zero-order valence-electron chi connectivity index (χ0n) is 8.01. The van der Waals surface area contributed by atoms with Crippen LogP contribution in [0.15, 0.2) is 0 Å². The van der Waals surface area contributed by atoms with Gasteiger partial charge in [0.25, 0.3) is 0 Å². The number of hydrogen-bond acceptors (Lipinski definition) is 7. The summed E-state index contributed by atoms with van der Waals surface area (Å²) in [5.74, 6) is -3.63. The van der Waals surface area contributed by atoms with Crippen molar-refractivity contribution in [3.05, 3.63) is 0 Å². The average Bonchev–Trinajstić information content (AvgIpc) is 2.30. The molecule has 1 saturated heterocycles. The van der Waals surface area contributed by atoms with Gasteiger partial charge in [-0.15, -0.1) is 0 Å². The van der Waals surface area contributed by atoms with Gasteiger partial charge in [0.05, 0.1) is 0 Å². The lowest BCUT2D eigenvalue weighted by Crippen LogP contribution is -2.36. The van der Waals surface area contributed by atoms with E-state index in [4.69, 9.17) is 0 Å². The Morgan fingerprint density at radius 1 is 1.00 bits per heavy atom. The molecule has 7 heteroatoms. The first-order valence-electron chi connectivity index (χ1n) is 4.02.